The van der Waals surface area contributed by atoms with Gasteiger partial charge in [-0.05, 0) is 12.8 Å². The molecule has 2 amide bonds. The first-order valence-corrected chi connectivity index (χ1v) is 4.85. The van der Waals surface area contributed by atoms with E-state index < -0.39 is 12.1 Å². The van der Waals surface area contributed by atoms with Crippen LogP contribution in [0.3, 0.4) is 0 Å². The zero-order chi connectivity index (χ0) is 11.6. The van der Waals surface area contributed by atoms with Crippen molar-refractivity contribution < 1.29 is 18.0 Å². The van der Waals surface area contributed by atoms with E-state index in [9.17, 15) is 18.0 Å². The Labute approximate surface area is 86.8 Å². The van der Waals surface area contributed by atoms with Crippen LogP contribution in [0.25, 0.3) is 0 Å². The van der Waals surface area contributed by atoms with E-state index in [4.69, 9.17) is 0 Å². The molecule has 0 unspecified atom stereocenters. The van der Waals surface area contributed by atoms with Gasteiger partial charge in [-0.1, -0.05) is 0 Å². The summed E-state index contributed by atoms with van der Waals surface area (Å²) < 4.78 is 37.3. The molecule has 3 nitrogen and oxygen atoms in total. The molecule has 0 aliphatic carbocycles. The molecule has 0 spiro atoms. The molecule has 1 aliphatic rings. The molecule has 0 aromatic carbocycles. The molecule has 1 heterocycles. The predicted molar refractivity (Wildman–Crippen MR) is 49.4 cm³/mol. The van der Waals surface area contributed by atoms with Crippen LogP contribution in [0.15, 0.2) is 0 Å². The minimum atomic E-state index is -4.19. The fourth-order valence-electron chi connectivity index (χ4n) is 1.70. The Bertz CT molecular complexity index is 240. The van der Waals surface area contributed by atoms with Crippen molar-refractivity contribution >= 4 is 6.03 Å². The summed E-state index contributed by atoms with van der Waals surface area (Å²) >= 11 is 0. The van der Waals surface area contributed by atoms with Gasteiger partial charge in [0.25, 0.3) is 0 Å². The minimum absolute atomic E-state index is 0.126. The van der Waals surface area contributed by atoms with Gasteiger partial charge in [-0.3, -0.25) is 0 Å². The summed E-state index contributed by atoms with van der Waals surface area (Å²) in [5.41, 5.74) is 0. The Morgan fingerprint density at radius 1 is 1.40 bits per heavy atom. The van der Waals surface area contributed by atoms with Gasteiger partial charge in [-0.25, -0.2) is 4.79 Å². The van der Waals surface area contributed by atoms with E-state index in [-0.39, 0.29) is 19.0 Å². The third-order valence-electron chi connectivity index (χ3n) is 2.54. The minimum Gasteiger partial charge on any atom is -0.331 e. The van der Waals surface area contributed by atoms with E-state index in [0.29, 0.717) is 13.0 Å². The average Bonchev–Trinajstić information content (AvgIpc) is 2.15. The summed E-state index contributed by atoms with van der Waals surface area (Å²) in [5.74, 6) is -1.37. The first-order valence-electron chi connectivity index (χ1n) is 4.85. The Morgan fingerprint density at radius 2 is 2.00 bits per heavy atom. The predicted octanol–water partition coefficient (Wildman–Crippen LogP) is 1.94. The average molecular weight is 224 g/mol. The van der Waals surface area contributed by atoms with Crippen LogP contribution < -0.4 is 0 Å². The van der Waals surface area contributed by atoms with Crippen LogP contribution in [0.2, 0.25) is 0 Å². The molecule has 1 fully saturated rings. The summed E-state index contributed by atoms with van der Waals surface area (Å²) in [6.07, 6.45) is -3.64. The number of rotatable bonds is 0. The van der Waals surface area contributed by atoms with Crippen LogP contribution in [0, 0.1) is 5.92 Å². The number of hydrogen-bond acceptors (Lipinski definition) is 1. The van der Waals surface area contributed by atoms with Crippen LogP contribution >= 0.6 is 0 Å². The number of alkyl halides is 3. The highest BCUT2D eigenvalue weighted by Gasteiger charge is 2.42. The van der Waals surface area contributed by atoms with Crippen molar-refractivity contribution in [2.24, 2.45) is 5.92 Å². The lowest BCUT2D eigenvalue weighted by Gasteiger charge is -2.35. The van der Waals surface area contributed by atoms with Crippen molar-refractivity contribution in [1.29, 1.82) is 0 Å². The Balaban J connectivity index is 2.60. The molecule has 0 aromatic rings. The highest BCUT2D eigenvalue weighted by atomic mass is 19.4. The highest BCUT2D eigenvalue weighted by molar-refractivity contribution is 5.73. The van der Waals surface area contributed by atoms with E-state index in [2.05, 4.69) is 0 Å². The van der Waals surface area contributed by atoms with Gasteiger partial charge in [0.05, 0.1) is 5.92 Å². The maximum Gasteiger partial charge on any atom is 0.393 e. The zero-order valence-corrected chi connectivity index (χ0v) is 8.84. The van der Waals surface area contributed by atoms with Crippen molar-refractivity contribution in [3.8, 4) is 0 Å². The van der Waals surface area contributed by atoms with Gasteiger partial charge in [0, 0.05) is 27.2 Å². The summed E-state index contributed by atoms with van der Waals surface area (Å²) in [6.45, 7) is 0.212. The number of nitrogens with zero attached hydrogens (tertiary/aromatic N) is 2. The van der Waals surface area contributed by atoms with Crippen LogP contribution in [0.1, 0.15) is 12.8 Å². The second-order valence-electron chi connectivity index (χ2n) is 4.00. The lowest BCUT2D eigenvalue weighted by Crippen LogP contribution is -2.48. The van der Waals surface area contributed by atoms with Crippen molar-refractivity contribution in [1.82, 2.24) is 9.80 Å². The lowest BCUT2D eigenvalue weighted by atomic mass is 9.98. The van der Waals surface area contributed by atoms with E-state index in [1.807, 2.05) is 0 Å². The van der Waals surface area contributed by atoms with Crippen LogP contribution in [-0.2, 0) is 0 Å². The number of carbonyl (C=O) groups excluding carboxylic acids is 1. The van der Waals surface area contributed by atoms with E-state index in [1.165, 1.54) is 9.80 Å². The van der Waals surface area contributed by atoms with Gasteiger partial charge in [0.1, 0.15) is 0 Å². The maximum atomic E-state index is 12.4. The maximum absolute atomic E-state index is 12.4. The van der Waals surface area contributed by atoms with Gasteiger partial charge in [-0.2, -0.15) is 13.2 Å². The third-order valence-corrected chi connectivity index (χ3v) is 2.54. The molecule has 88 valence electrons. The largest absolute Gasteiger partial charge is 0.393 e. The second-order valence-corrected chi connectivity index (χ2v) is 4.00. The highest BCUT2D eigenvalue weighted by Crippen LogP contribution is 2.33. The normalized spacial score (nSPS) is 22.7. The molecule has 15 heavy (non-hydrogen) atoms. The lowest BCUT2D eigenvalue weighted by molar-refractivity contribution is -0.184. The van der Waals surface area contributed by atoms with Crippen LogP contribution in [0.5, 0.6) is 0 Å². The molecule has 1 atom stereocenters. The molecular formula is C9H15F3N2O. The van der Waals surface area contributed by atoms with Gasteiger partial charge in [-0.15, -0.1) is 0 Å². The van der Waals surface area contributed by atoms with Crippen molar-refractivity contribution in [2.45, 2.75) is 19.0 Å². The Morgan fingerprint density at radius 3 is 2.47 bits per heavy atom. The molecule has 0 aromatic heterocycles. The van der Waals surface area contributed by atoms with E-state index in [1.54, 1.807) is 14.1 Å². The smallest absolute Gasteiger partial charge is 0.331 e. The van der Waals surface area contributed by atoms with Gasteiger partial charge in [0.2, 0.25) is 0 Å². The quantitative estimate of drug-likeness (QED) is 0.616. The molecule has 0 radical (unpaired) electrons. The van der Waals surface area contributed by atoms with Crippen molar-refractivity contribution in [2.75, 3.05) is 27.2 Å². The van der Waals surface area contributed by atoms with Crippen LogP contribution in [0.4, 0.5) is 18.0 Å². The number of hydrogen-bond donors (Lipinski definition) is 0. The first-order chi connectivity index (χ1) is 6.82. The molecule has 1 rings (SSSR count). The number of likely N-dealkylation sites (tertiary alicyclic amines) is 1. The molecule has 1 aliphatic heterocycles. The summed E-state index contributed by atoms with van der Waals surface area (Å²) in [7, 11) is 3.08. The van der Waals surface area contributed by atoms with E-state index >= 15 is 0 Å². The summed E-state index contributed by atoms with van der Waals surface area (Å²) in [6, 6.07) is -0.344. The molecule has 0 bridgehead atoms. The number of urea groups is 1. The fourth-order valence-corrected chi connectivity index (χ4v) is 1.70. The fraction of sp³-hybridized carbons (Fsp3) is 0.889. The van der Waals surface area contributed by atoms with Gasteiger partial charge in [0.15, 0.2) is 0 Å². The molecular weight excluding hydrogens is 209 g/mol. The SMILES string of the molecule is CN(C)C(=O)N1CCC[C@H](C(F)(F)F)C1. The molecule has 1 saturated heterocycles. The molecule has 0 N–H and O–H groups in total. The van der Waals surface area contributed by atoms with Crippen molar-refractivity contribution in [3.63, 3.8) is 0 Å². The first kappa shape index (κ1) is 12.1. The topological polar surface area (TPSA) is 23.6 Å². The summed E-state index contributed by atoms with van der Waals surface area (Å²) in [5, 5.41) is 0. The van der Waals surface area contributed by atoms with Gasteiger partial charge < -0.3 is 9.80 Å². The molecule has 0 saturated carbocycles. The number of carbonyl (C=O) groups is 1. The second kappa shape index (κ2) is 4.28. The number of halogens is 3. The number of piperidine rings is 1. The van der Waals surface area contributed by atoms with E-state index in [0.717, 1.165) is 0 Å². The van der Waals surface area contributed by atoms with Crippen LogP contribution in [-0.4, -0.2) is 49.2 Å². The third kappa shape index (κ3) is 3.00. The Kier molecular flexibility index (Phi) is 3.46. The summed E-state index contributed by atoms with van der Waals surface area (Å²) in [4.78, 5) is 14.0. The molecule has 6 heteroatoms. The van der Waals surface area contributed by atoms with Gasteiger partial charge >= 0.3 is 12.2 Å². The zero-order valence-electron chi connectivity index (χ0n) is 8.84. The number of amides is 2. The Hall–Kier alpha value is -0.940. The van der Waals surface area contributed by atoms with Crippen molar-refractivity contribution in [3.05, 3.63) is 0 Å². The standard InChI is InChI=1S/C9H15F3N2O/c1-13(2)8(15)14-5-3-4-7(6-14)9(10,11)12/h7H,3-6H2,1-2H3/t7-/m0/s1. The monoisotopic (exact) mass is 224 g/mol.